The first kappa shape index (κ1) is 16.0. The molecule has 1 aromatic carbocycles. The van der Waals surface area contributed by atoms with Gasteiger partial charge in [0.05, 0.1) is 10.9 Å². The fraction of sp³-hybridized carbons (Fsp3) is 0.333. The van der Waals surface area contributed by atoms with E-state index < -0.39 is 0 Å². The van der Waals surface area contributed by atoms with Gasteiger partial charge in [0.2, 0.25) is 0 Å². The van der Waals surface area contributed by atoms with E-state index in [2.05, 4.69) is 62.3 Å². The molecule has 0 fully saturated rings. The Morgan fingerprint density at radius 2 is 1.95 bits per heavy atom. The molecule has 0 aliphatic carbocycles. The average molecular weight is 419 g/mol. The van der Waals surface area contributed by atoms with Crippen LogP contribution in [0.2, 0.25) is 0 Å². The molecule has 0 bridgehead atoms. The van der Waals surface area contributed by atoms with Crippen LogP contribution in [0, 0.1) is 0 Å². The summed E-state index contributed by atoms with van der Waals surface area (Å²) in [5, 5.41) is 3.61. The minimum Gasteiger partial charge on any atom is -0.497 e. The van der Waals surface area contributed by atoms with Crippen molar-refractivity contribution >= 4 is 43.2 Å². The summed E-state index contributed by atoms with van der Waals surface area (Å²) in [6.45, 7) is 3.07. The first-order valence-corrected chi connectivity index (χ1v) is 8.85. The predicted octanol–water partition coefficient (Wildman–Crippen LogP) is 5.52. The first-order valence-electron chi connectivity index (χ1n) is 6.45. The summed E-state index contributed by atoms with van der Waals surface area (Å²) in [7, 11) is 1.69. The molecule has 0 spiro atoms. The summed E-state index contributed by atoms with van der Waals surface area (Å²) in [5.74, 6) is 0.898. The number of methoxy groups -OCH3 is 1. The summed E-state index contributed by atoms with van der Waals surface area (Å²) in [6, 6.07) is 10.8. The molecule has 20 heavy (non-hydrogen) atoms. The van der Waals surface area contributed by atoms with Crippen molar-refractivity contribution in [3.8, 4) is 5.75 Å². The Labute approximate surface area is 140 Å². The van der Waals surface area contributed by atoms with Crippen LogP contribution >= 0.6 is 43.2 Å². The van der Waals surface area contributed by atoms with Gasteiger partial charge in [0.25, 0.3) is 0 Å². The van der Waals surface area contributed by atoms with Crippen molar-refractivity contribution in [1.29, 1.82) is 0 Å². The van der Waals surface area contributed by atoms with E-state index >= 15 is 0 Å². The quantitative estimate of drug-likeness (QED) is 0.666. The third-order valence-electron chi connectivity index (χ3n) is 3.15. The second-order valence-electron chi connectivity index (χ2n) is 4.45. The van der Waals surface area contributed by atoms with E-state index in [4.69, 9.17) is 4.74 Å². The highest BCUT2D eigenvalue weighted by Gasteiger charge is 2.10. The summed E-state index contributed by atoms with van der Waals surface area (Å²) in [5.41, 5.74) is 1.29. The van der Waals surface area contributed by atoms with E-state index in [9.17, 15) is 0 Å². The van der Waals surface area contributed by atoms with E-state index in [0.717, 1.165) is 27.0 Å². The fourth-order valence-corrected chi connectivity index (χ4v) is 4.16. The number of hydrogen-bond acceptors (Lipinski definition) is 3. The number of halogens is 2. The topological polar surface area (TPSA) is 21.3 Å². The maximum Gasteiger partial charge on any atom is 0.118 e. The van der Waals surface area contributed by atoms with E-state index in [-0.39, 0.29) is 0 Å². The Kier molecular flexibility index (Phi) is 6.08. The van der Waals surface area contributed by atoms with Crippen LogP contribution in [0.4, 0.5) is 0 Å². The van der Waals surface area contributed by atoms with E-state index in [1.54, 1.807) is 18.4 Å². The number of benzene rings is 1. The summed E-state index contributed by atoms with van der Waals surface area (Å²) in [6.07, 6.45) is 1.06. The van der Waals surface area contributed by atoms with Gasteiger partial charge < -0.3 is 10.1 Å². The summed E-state index contributed by atoms with van der Waals surface area (Å²) < 4.78 is 7.47. The standard InChI is InChI=1S/C15H17Br2NOS/c1-3-14(10-4-6-11(19-2)7-5-10)18-9-12-8-13(16)15(17)20-12/h4-8,14,18H,3,9H2,1-2H3. The minimum atomic E-state index is 0.362. The number of ether oxygens (including phenoxy) is 1. The molecule has 5 heteroatoms. The van der Waals surface area contributed by atoms with Crippen molar-refractivity contribution in [3.05, 3.63) is 49.0 Å². The third-order valence-corrected chi connectivity index (χ3v) is 6.40. The van der Waals surface area contributed by atoms with Crippen LogP contribution in [-0.4, -0.2) is 7.11 Å². The molecule has 108 valence electrons. The molecule has 1 N–H and O–H groups in total. The minimum absolute atomic E-state index is 0.362. The first-order chi connectivity index (χ1) is 9.63. The maximum absolute atomic E-state index is 5.20. The van der Waals surface area contributed by atoms with Crippen LogP contribution in [-0.2, 0) is 6.54 Å². The van der Waals surface area contributed by atoms with E-state index in [1.165, 1.54) is 10.4 Å². The molecule has 0 amide bonds. The van der Waals surface area contributed by atoms with Gasteiger partial charge in [-0.15, -0.1) is 11.3 Å². The summed E-state index contributed by atoms with van der Waals surface area (Å²) >= 11 is 8.81. The molecule has 2 nitrogen and oxygen atoms in total. The molecule has 0 aliphatic heterocycles. The predicted molar refractivity (Wildman–Crippen MR) is 92.6 cm³/mol. The van der Waals surface area contributed by atoms with Crippen molar-refractivity contribution in [1.82, 2.24) is 5.32 Å². The molecular weight excluding hydrogens is 402 g/mol. The Bertz CT molecular complexity index is 534. The second-order valence-corrected chi connectivity index (χ2v) is 7.76. The molecule has 1 unspecified atom stereocenters. The van der Waals surface area contributed by atoms with Gasteiger partial charge >= 0.3 is 0 Å². The van der Waals surface area contributed by atoms with Crippen LogP contribution in [0.5, 0.6) is 5.75 Å². The Hall–Kier alpha value is -0.360. The maximum atomic E-state index is 5.20. The molecule has 1 heterocycles. The van der Waals surface area contributed by atoms with Crippen LogP contribution in [0.1, 0.15) is 29.8 Å². The van der Waals surface area contributed by atoms with Gasteiger partial charge in [-0.1, -0.05) is 19.1 Å². The molecule has 1 atom stereocenters. The van der Waals surface area contributed by atoms with Crippen molar-refractivity contribution in [2.75, 3.05) is 7.11 Å². The second kappa shape index (κ2) is 7.59. The largest absolute Gasteiger partial charge is 0.497 e. The highest BCUT2D eigenvalue weighted by molar-refractivity contribution is 9.13. The van der Waals surface area contributed by atoms with E-state index in [0.29, 0.717) is 6.04 Å². The molecular formula is C15H17Br2NOS. The monoisotopic (exact) mass is 417 g/mol. The molecule has 0 radical (unpaired) electrons. The highest BCUT2D eigenvalue weighted by Crippen LogP contribution is 2.32. The van der Waals surface area contributed by atoms with Crippen LogP contribution < -0.4 is 10.1 Å². The van der Waals surface area contributed by atoms with Crippen molar-refractivity contribution in [2.24, 2.45) is 0 Å². The van der Waals surface area contributed by atoms with Crippen LogP contribution in [0.3, 0.4) is 0 Å². The zero-order chi connectivity index (χ0) is 14.5. The average Bonchev–Trinajstić information content (AvgIpc) is 2.79. The van der Waals surface area contributed by atoms with Gasteiger partial charge in [0.15, 0.2) is 0 Å². The van der Waals surface area contributed by atoms with Crippen molar-refractivity contribution < 1.29 is 4.74 Å². The molecule has 0 aliphatic rings. The van der Waals surface area contributed by atoms with Gasteiger partial charge in [-0.2, -0.15) is 0 Å². The number of nitrogens with one attached hydrogen (secondary N) is 1. The Morgan fingerprint density at radius 3 is 2.45 bits per heavy atom. The smallest absolute Gasteiger partial charge is 0.118 e. The van der Waals surface area contributed by atoms with Gasteiger partial charge in [0, 0.05) is 21.9 Å². The van der Waals surface area contributed by atoms with Gasteiger partial charge in [-0.05, 0) is 62.0 Å². The third kappa shape index (κ3) is 4.07. The van der Waals surface area contributed by atoms with Crippen LogP contribution in [0.15, 0.2) is 38.6 Å². The number of hydrogen-bond donors (Lipinski definition) is 1. The number of thiophene rings is 1. The van der Waals surface area contributed by atoms with E-state index in [1.807, 2.05) is 12.1 Å². The molecule has 2 aromatic rings. The lowest BCUT2D eigenvalue weighted by Gasteiger charge is -2.17. The number of rotatable bonds is 6. The van der Waals surface area contributed by atoms with Gasteiger partial charge in [0.1, 0.15) is 5.75 Å². The molecule has 0 saturated carbocycles. The summed E-state index contributed by atoms with van der Waals surface area (Å²) in [4.78, 5) is 1.32. The lowest BCUT2D eigenvalue weighted by Crippen LogP contribution is -2.19. The van der Waals surface area contributed by atoms with Crippen molar-refractivity contribution in [3.63, 3.8) is 0 Å². The van der Waals surface area contributed by atoms with Gasteiger partial charge in [-0.3, -0.25) is 0 Å². The fourth-order valence-electron chi connectivity index (χ4n) is 2.04. The molecule has 0 saturated heterocycles. The Balaban J connectivity index is 2.00. The van der Waals surface area contributed by atoms with Crippen molar-refractivity contribution in [2.45, 2.75) is 25.9 Å². The van der Waals surface area contributed by atoms with Gasteiger partial charge in [-0.25, -0.2) is 0 Å². The molecule has 2 rings (SSSR count). The normalized spacial score (nSPS) is 12.4. The lowest BCUT2D eigenvalue weighted by atomic mass is 10.0. The lowest BCUT2D eigenvalue weighted by molar-refractivity contribution is 0.414. The zero-order valence-corrected chi connectivity index (χ0v) is 15.4. The van der Waals surface area contributed by atoms with Crippen LogP contribution in [0.25, 0.3) is 0 Å². The molecule has 1 aromatic heterocycles. The SMILES string of the molecule is CCC(NCc1cc(Br)c(Br)s1)c1ccc(OC)cc1. The Morgan fingerprint density at radius 1 is 1.25 bits per heavy atom. The highest BCUT2D eigenvalue weighted by atomic mass is 79.9. The zero-order valence-electron chi connectivity index (χ0n) is 11.5.